The van der Waals surface area contributed by atoms with Crippen molar-refractivity contribution in [3.63, 3.8) is 0 Å². The molecule has 0 spiro atoms. The first-order valence-electron chi connectivity index (χ1n) is 12.2. The van der Waals surface area contributed by atoms with E-state index in [1.807, 2.05) is 4.68 Å². The van der Waals surface area contributed by atoms with E-state index in [-0.39, 0.29) is 11.6 Å². The largest absolute Gasteiger partial charge is 0.321 e. The number of aryl methyl sites for hydroxylation is 2. The molecular weight excluding hydrogens is 400 g/mol. The molecule has 1 saturated heterocycles. The first-order valence-corrected chi connectivity index (χ1v) is 12.2. The molecular formula is C25H34N6O. The molecule has 1 N–H and O–H groups in total. The fourth-order valence-corrected chi connectivity index (χ4v) is 5.50. The number of benzene rings is 1. The summed E-state index contributed by atoms with van der Waals surface area (Å²) in [6, 6.07) is 6.40. The van der Waals surface area contributed by atoms with E-state index < -0.39 is 0 Å². The van der Waals surface area contributed by atoms with E-state index in [2.05, 4.69) is 64.4 Å². The molecule has 1 aliphatic carbocycles. The third-order valence-corrected chi connectivity index (χ3v) is 7.74. The first-order chi connectivity index (χ1) is 15.5. The van der Waals surface area contributed by atoms with Gasteiger partial charge >= 0.3 is 0 Å². The number of piperidine rings is 1. The van der Waals surface area contributed by atoms with Crippen LogP contribution < -0.4 is 5.56 Å². The molecule has 32 heavy (non-hydrogen) atoms. The van der Waals surface area contributed by atoms with Gasteiger partial charge in [0.15, 0.2) is 5.82 Å². The van der Waals surface area contributed by atoms with Gasteiger partial charge in [0.1, 0.15) is 6.04 Å². The van der Waals surface area contributed by atoms with Crippen LogP contribution in [0, 0.1) is 19.8 Å². The van der Waals surface area contributed by atoms with Gasteiger partial charge in [0.05, 0.1) is 11.6 Å². The smallest absolute Gasteiger partial charge is 0.253 e. The number of H-pyrrole nitrogens is 1. The lowest BCUT2D eigenvalue weighted by atomic mass is 9.93. The van der Waals surface area contributed by atoms with E-state index in [0.717, 1.165) is 66.6 Å². The van der Waals surface area contributed by atoms with Crippen LogP contribution in [0.2, 0.25) is 0 Å². The number of rotatable bonds is 4. The van der Waals surface area contributed by atoms with Gasteiger partial charge in [-0.1, -0.05) is 38.3 Å². The highest BCUT2D eigenvalue weighted by molar-refractivity contribution is 5.83. The summed E-state index contributed by atoms with van der Waals surface area (Å²) in [6.45, 7) is 8.37. The van der Waals surface area contributed by atoms with Crippen LogP contribution in [0.4, 0.5) is 0 Å². The summed E-state index contributed by atoms with van der Waals surface area (Å²) in [5, 5.41) is 14.1. The van der Waals surface area contributed by atoms with Crippen LogP contribution >= 0.6 is 0 Å². The lowest BCUT2D eigenvalue weighted by Crippen LogP contribution is -2.40. The highest BCUT2D eigenvalue weighted by atomic mass is 16.1. The number of pyridine rings is 1. The summed E-state index contributed by atoms with van der Waals surface area (Å²) >= 11 is 0. The Balaban J connectivity index is 1.63. The molecule has 3 aromatic rings. The molecule has 0 radical (unpaired) electrons. The minimum atomic E-state index is -0.228. The summed E-state index contributed by atoms with van der Waals surface area (Å²) in [6.07, 6.45) is 8.18. The summed E-state index contributed by atoms with van der Waals surface area (Å²) in [5.41, 5.74) is 3.96. The first kappa shape index (κ1) is 21.3. The molecule has 3 heterocycles. The molecule has 170 valence electrons. The average molecular weight is 435 g/mol. The van der Waals surface area contributed by atoms with Crippen molar-refractivity contribution in [2.24, 2.45) is 5.92 Å². The van der Waals surface area contributed by atoms with Crippen molar-refractivity contribution in [2.75, 3.05) is 13.1 Å². The predicted octanol–water partition coefficient (Wildman–Crippen LogP) is 4.46. The Morgan fingerprint density at radius 2 is 1.81 bits per heavy atom. The van der Waals surface area contributed by atoms with Crippen LogP contribution in [-0.2, 0) is 0 Å². The zero-order valence-corrected chi connectivity index (χ0v) is 19.5. The highest BCUT2D eigenvalue weighted by Crippen LogP contribution is 2.35. The number of hydrogen-bond donors (Lipinski definition) is 1. The molecule has 5 rings (SSSR count). The zero-order chi connectivity index (χ0) is 22.2. The SMILES string of the molecule is Cc1ccc2cc([C@H](c3nnnn3C3CCCCC3)N3CCC(C)CC3)c(=O)[nH]c2c1C. The molecule has 2 fully saturated rings. The maximum atomic E-state index is 13.5. The summed E-state index contributed by atoms with van der Waals surface area (Å²) in [4.78, 5) is 19.1. The number of nitrogens with one attached hydrogen (secondary N) is 1. The van der Waals surface area contributed by atoms with Gasteiger partial charge < -0.3 is 4.98 Å². The van der Waals surface area contributed by atoms with E-state index in [9.17, 15) is 4.79 Å². The minimum absolute atomic E-state index is 0.0342. The predicted molar refractivity (Wildman–Crippen MR) is 126 cm³/mol. The van der Waals surface area contributed by atoms with Gasteiger partial charge in [0.2, 0.25) is 0 Å². The van der Waals surface area contributed by atoms with Crippen LogP contribution in [-0.4, -0.2) is 43.2 Å². The molecule has 1 saturated carbocycles. The van der Waals surface area contributed by atoms with Gasteiger partial charge in [0, 0.05) is 5.56 Å². The van der Waals surface area contributed by atoms with Gasteiger partial charge in [-0.2, -0.15) is 0 Å². The minimum Gasteiger partial charge on any atom is -0.321 e. The fraction of sp³-hybridized carbons (Fsp3) is 0.600. The molecule has 0 unspecified atom stereocenters. The maximum absolute atomic E-state index is 13.5. The van der Waals surface area contributed by atoms with E-state index in [0.29, 0.717) is 12.0 Å². The van der Waals surface area contributed by atoms with Gasteiger partial charge in [-0.15, -0.1) is 5.10 Å². The number of tetrazole rings is 1. The Morgan fingerprint density at radius 1 is 1.06 bits per heavy atom. The highest BCUT2D eigenvalue weighted by Gasteiger charge is 2.34. The van der Waals surface area contributed by atoms with Gasteiger partial charge in [-0.3, -0.25) is 9.69 Å². The normalized spacial score (nSPS) is 20.1. The van der Waals surface area contributed by atoms with Crippen LogP contribution in [0.15, 0.2) is 23.0 Å². The topological polar surface area (TPSA) is 79.7 Å². The Labute approximate surface area is 189 Å². The second kappa shape index (κ2) is 8.77. The molecule has 1 aromatic carbocycles. The quantitative estimate of drug-likeness (QED) is 0.656. The zero-order valence-electron chi connectivity index (χ0n) is 19.5. The van der Waals surface area contributed by atoms with Crippen molar-refractivity contribution in [2.45, 2.75) is 77.8 Å². The summed E-state index contributed by atoms with van der Waals surface area (Å²) in [5.74, 6) is 1.53. The van der Waals surface area contributed by atoms with Crippen LogP contribution in [0.3, 0.4) is 0 Å². The Bertz CT molecular complexity index is 1150. The maximum Gasteiger partial charge on any atom is 0.253 e. The molecule has 7 heteroatoms. The van der Waals surface area contributed by atoms with Crippen molar-refractivity contribution < 1.29 is 0 Å². The Morgan fingerprint density at radius 3 is 2.56 bits per heavy atom. The molecule has 2 aromatic heterocycles. The van der Waals surface area contributed by atoms with Crippen molar-refractivity contribution >= 4 is 10.9 Å². The number of fused-ring (bicyclic) bond motifs is 1. The molecule has 0 amide bonds. The standard InChI is InChI=1S/C25H34N6O/c1-16-11-13-30(14-12-16)23(24-27-28-29-31(24)20-7-5-4-6-8-20)21-15-19-10-9-17(2)18(3)22(19)26-25(21)32/h9-10,15-16,20,23H,4-8,11-14H2,1-3H3,(H,26,32)/t23-/m1/s1. The molecule has 2 aliphatic rings. The van der Waals surface area contributed by atoms with Gasteiger partial charge in [0.25, 0.3) is 5.56 Å². The van der Waals surface area contributed by atoms with Crippen LogP contribution in [0.5, 0.6) is 0 Å². The van der Waals surface area contributed by atoms with Gasteiger partial charge in [-0.05, 0) is 91.5 Å². The van der Waals surface area contributed by atoms with Crippen molar-refractivity contribution in [3.05, 3.63) is 51.1 Å². The van der Waals surface area contributed by atoms with E-state index in [4.69, 9.17) is 0 Å². The average Bonchev–Trinajstić information content (AvgIpc) is 3.29. The van der Waals surface area contributed by atoms with E-state index >= 15 is 0 Å². The number of nitrogens with zero attached hydrogens (tertiary/aromatic N) is 5. The van der Waals surface area contributed by atoms with Crippen molar-refractivity contribution in [3.8, 4) is 0 Å². The second-order valence-electron chi connectivity index (χ2n) is 9.92. The Hall–Kier alpha value is -2.54. The van der Waals surface area contributed by atoms with Crippen molar-refractivity contribution in [1.29, 1.82) is 0 Å². The lowest BCUT2D eigenvalue weighted by molar-refractivity contribution is 0.146. The third kappa shape index (κ3) is 3.87. The number of aromatic nitrogens is 5. The summed E-state index contributed by atoms with van der Waals surface area (Å²) in [7, 11) is 0. The third-order valence-electron chi connectivity index (χ3n) is 7.74. The van der Waals surface area contributed by atoms with Gasteiger partial charge in [-0.25, -0.2) is 4.68 Å². The van der Waals surface area contributed by atoms with Crippen LogP contribution in [0.25, 0.3) is 10.9 Å². The number of hydrogen-bond acceptors (Lipinski definition) is 5. The van der Waals surface area contributed by atoms with E-state index in [1.165, 1.54) is 24.8 Å². The molecule has 1 aliphatic heterocycles. The second-order valence-corrected chi connectivity index (χ2v) is 9.92. The fourth-order valence-electron chi connectivity index (χ4n) is 5.50. The Kier molecular flexibility index (Phi) is 5.84. The van der Waals surface area contributed by atoms with E-state index in [1.54, 1.807) is 0 Å². The van der Waals surface area contributed by atoms with Crippen molar-refractivity contribution in [1.82, 2.24) is 30.1 Å². The lowest BCUT2D eigenvalue weighted by Gasteiger charge is -2.36. The number of likely N-dealkylation sites (tertiary alicyclic amines) is 1. The molecule has 1 atom stereocenters. The summed E-state index contributed by atoms with van der Waals surface area (Å²) < 4.78 is 2.03. The monoisotopic (exact) mass is 434 g/mol. The molecule has 7 nitrogen and oxygen atoms in total. The number of aromatic amines is 1. The molecule has 0 bridgehead atoms. The van der Waals surface area contributed by atoms with Crippen LogP contribution in [0.1, 0.15) is 86.5 Å².